The summed E-state index contributed by atoms with van der Waals surface area (Å²) in [5.41, 5.74) is 1.34. The van der Waals surface area contributed by atoms with E-state index in [1.54, 1.807) is 0 Å². The van der Waals surface area contributed by atoms with Gasteiger partial charge in [-0.05, 0) is 147 Å². The van der Waals surface area contributed by atoms with Gasteiger partial charge in [-0.25, -0.2) is 0 Å². The summed E-state index contributed by atoms with van der Waals surface area (Å²) in [5.74, 6) is 0.342. The zero-order chi connectivity index (χ0) is 38.5. The van der Waals surface area contributed by atoms with Crippen LogP contribution in [0.3, 0.4) is 0 Å². The number of fused-ring (bicyclic) bond motifs is 7. The summed E-state index contributed by atoms with van der Waals surface area (Å²) in [6, 6.07) is 0. The topological polar surface area (TPSA) is 125 Å². The van der Waals surface area contributed by atoms with Gasteiger partial charge in [0.25, 0.3) is 0 Å². The lowest BCUT2D eigenvalue weighted by Gasteiger charge is -2.72. The van der Waals surface area contributed by atoms with E-state index in [4.69, 9.17) is 4.74 Å². The molecule has 4 N–H and O–H groups in total. The molecule has 0 aromatic carbocycles. The number of allylic oxidation sites excluding steroid dienone is 1. The molecule has 0 spiro atoms. The number of ketones is 1. The second-order valence-electron chi connectivity index (χ2n) is 21.5. The molecule has 1 heterocycles. The van der Waals surface area contributed by atoms with Gasteiger partial charge in [0.05, 0.1) is 17.9 Å². The number of piperidine rings is 1. The molecule has 6 aliphatic carbocycles. The second kappa shape index (κ2) is 13.4. The summed E-state index contributed by atoms with van der Waals surface area (Å²) in [5, 5.41) is 29.0. The number of hydrogen-bond acceptors (Lipinski definition) is 7. The van der Waals surface area contributed by atoms with Gasteiger partial charge in [-0.1, -0.05) is 67.9 Å². The van der Waals surface area contributed by atoms with Crippen molar-refractivity contribution < 1.29 is 29.3 Å². The Labute approximate surface area is 319 Å². The van der Waals surface area contributed by atoms with Crippen molar-refractivity contribution >= 4 is 17.7 Å². The maximum absolute atomic E-state index is 14.1. The smallest absolute Gasteiger partial charge is 0.309 e. The van der Waals surface area contributed by atoms with Gasteiger partial charge in [0, 0.05) is 23.8 Å². The Balaban J connectivity index is 1.12. The van der Waals surface area contributed by atoms with Gasteiger partial charge in [0.15, 0.2) is 5.78 Å². The van der Waals surface area contributed by atoms with E-state index in [-0.39, 0.29) is 51.4 Å². The van der Waals surface area contributed by atoms with Crippen LogP contribution in [0.15, 0.2) is 11.1 Å². The fourth-order valence-electron chi connectivity index (χ4n) is 15.0. The first-order valence-corrected chi connectivity index (χ1v) is 21.6. The first kappa shape index (κ1) is 39.5. The van der Waals surface area contributed by atoms with E-state index in [2.05, 4.69) is 59.1 Å². The predicted octanol–water partition coefficient (Wildman–Crippen LogP) is 7.58. The highest BCUT2D eigenvalue weighted by molar-refractivity contribution is 6.00. The molecule has 6 fully saturated rings. The van der Waals surface area contributed by atoms with Crippen molar-refractivity contribution in [2.75, 3.05) is 26.2 Å². The summed E-state index contributed by atoms with van der Waals surface area (Å²) in [7, 11) is 0. The van der Waals surface area contributed by atoms with E-state index in [1.807, 2.05) is 13.8 Å². The van der Waals surface area contributed by atoms with Gasteiger partial charge in [0.1, 0.15) is 6.10 Å². The number of aliphatic carboxylic acids is 1. The molecule has 12 atom stereocenters. The summed E-state index contributed by atoms with van der Waals surface area (Å²) in [6.45, 7) is 24.1. The van der Waals surface area contributed by atoms with Gasteiger partial charge in [-0.15, -0.1) is 0 Å². The highest BCUT2D eigenvalue weighted by Crippen LogP contribution is 2.77. The van der Waals surface area contributed by atoms with Gasteiger partial charge < -0.3 is 25.6 Å². The average molecular weight is 737 g/mol. The van der Waals surface area contributed by atoms with E-state index in [0.29, 0.717) is 43.1 Å². The van der Waals surface area contributed by atoms with Crippen molar-refractivity contribution in [1.82, 2.24) is 10.6 Å². The van der Waals surface area contributed by atoms with E-state index in [9.17, 15) is 24.6 Å². The molecule has 298 valence electrons. The third-order valence-corrected chi connectivity index (χ3v) is 18.3. The molecule has 5 saturated carbocycles. The van der Waals surface area contributed by atoms with Crippen LogP contribution in [-0.2, 0) is 19.1 Å². The van der Waals surface area contributed by atoms with Crippen molar-refractivity contribution in [2.24, 2.45) is 73.9 Å². The third-order valence-electron chi connectivity index (χ3n) is 18.3. The fourth-order valence-corrected chi connectivity index (χ4v) is 15.0. The van der Waals surface area contributed by atoms with Crippen LogP contribution in [0.4, 0.5) is 0 Å². The molecular formula is C45H72N2O6. The number of carboxylic acids is 1. The Morgan fingerprint density at radius 3 is 2.26 bits per heavy atom. The Kier molecular flexibility index (Phi) is 10.00. The van der Waals surface area contributed by atoms with Crippen molar-refractivity contribution in [3.05, 3.63) is 11.1 Å². The third kappa shape index (κ3) is 5.78. The minimum absolute atomic E-state index is 0.0261. The molecule has 1 aliphatic heterocycles. The van der Waals surface area contributed by atoms with Crippen LogP contribution >= 0.6 is 0 Å². The number of rotatable bonds is 9. The molecule has 0 aromatic heterocycles. The second-order valence-corrected chi connectivity index (χ2v) is 21.5. The number of esters is 1. The van der Waals surface area contributed by atoms with Gasteiger partial charge in [-0.2, -0.15) is 0 Å². The SMILES string of the molecule is CC(C)C1=C2[C@H]3CC[C@@H]4[C@@]5(C)CC[C@H](OC(=O)[C@H]6C[C@@H](C(=O)O)C6(C)C)C(C)(C)[C@@H]5CC[C@@]4(C)[C@]3(C)CC[C@@]2([C@@H](O)CNC[C@@H]2CCCNC2)CC1=O. The minimum Gasteiger partial charge on any atom is -0.481 e. The number of ether oxygens (including phenoxy) is 1. The lowest BCUT2D eigenvalue weighted by atomic mass is 9.33. The molecule has 7 rings (SSSR count). The molecule has 0 radical (unpaired) electrons. The molecule has 1 saturated heterocycles. The molecule has 8 nitrogen and oxygen atoms in total. The Hall–Kier alpha value is -1.77. The van der Waals surface area contributed by atoms with E-state index < -0.39 is 28.8 Å². The van der Waals surface area contributed by atoms with Crippen LogP contribution in [0.1, 0.15) is 139 Å². The molecule has 0 bridgehead atoms. The molecule has 53 heavy (non-hydrogen) atoms. The molecule has 8 heteroatoms. The zero-order valence-electron chi connectivity index (χ0n) is 34.5. The lowest BCUT2D eigenvalue weighted by Crippen LogP contribution is -2.66. The quantitative estimate of drug-likeness (QED) is 0.179. The molecule has 0 aromatic rings. The maximum atomic E-state index is 14.1. The average Bonchev–Trinajstić information content (AvgIpc) is 3.39. The van der Waals surface area contributed by atoms with Gasteiger partial charge >= 0.3 is 11.9 Å². The Bertz CT molecular complexity index is 1510. The largest absolute Gasteiger partial charge is 0.481 e. The van der Waals surface area contributed by atoms with E-state index in [0.717, 1.165) is 76.6 Å². The number of nitrogens with one attached hydrogen (secondary N) is 2. The molecule has 0 unspecified atom stereocenters. The number of hydrogen-bond donors (Lipinski definition) is 4. The number of Topliss-reactive ketones (excluding diaryl/α,β-unsaturated/α-hetero) is 1. The fraction of sp³-hybridized carbons (Fsp3) is 0.889. The van der Waals surface area contributed by atoms with Crippen molar-refractivity contribution in [3.63, 3.8) is 0 Å². The van der Waals surface area contributed by atoms with Crippen molar-refractivity contribution in [3.8, 4) is 0 Å². The van der Waals surface area contributed by atoms with Crippen LogP contribution in [0.25, 0.3) is 0 Å². The summed E-state index contributed by atoms with van der Waals surface area (Å²) in [6.07, 6.45) is 10.7. The van der Waals surface area contributed by atoms with Crippen molar-refractivity contribution in [2.45, 2.75) is 152 Å². The maximum Gasteiger partial charge on any atom is 0.309 e. The van der Waals surface area contributed by atoms with Crippen LogP contribution in [0.5, 0.6) is 0 Å². The summed E-state index contributed by atoms with van der Waals surface area (Å²) < 4.78 is 6.42. The first-order chi connectivity index (χ1) is 24.8. The minimum atomic E-state index is -0.822. The zero-order valence-corrected chi connectivity index (χ0v) is 34.5. The number of carbonyl (C=O) groups excluding carboxylic acids is 2. The predicted molar refractivity (Wildman–Crippen MR) is 207 cm³/mol. The van der Waals surface area contributed by atoms with Crippen LogP contribution < -0.4 is 10.6 Å². The highest BCUT2D eigenvalue weighted by atomic mass is 16.5. The van der Waals surface area contributed by atoms with E-state index >= 15 is 0 Å². The number of aliphatic hydroxyl groups excluding tert-OH is 1. The number of carbonyl (C=O) groups is 3. The lowest BCUT2D eigenvalue weighted by molar-refractivity contribution is -0.238. The Morgan fingerprint density at radius 1 is 0.887 bits per heavy atom. The van der Waals surface area contributed by atoms with Crippen LogP contribution in [0, 0.1) is 73.9 Å². The van der Waals surface area contributed by atoms with Crippen LogP contribution in [-0.4, -0.2) is 66.3 Å². The summed E-state index contributed by atoms with van der Waals surface area (Å²) >= 11 is 0. The monoisotopic (exact) mass is 737 g/mol. The summed E-state index contributed by atoms with van der Waals surface area (Å²) in [4.78, 5) is 39.4. The van der Waals surface area contributed by atoms with Crippen molar-refractivity contribution in [1.29, 1.82) is 0 Å². The van der Waals surface area contributed by atoms with E-state index in [1.165, 1.54) is 18.4 Å². The Morgan fingerprint density at radius 2 is 1.62 bits per heavy atom. The van der Waals surface area contributed by atoms with Gasteiger partial charge in [-0.3, -0.25) is 14.4 Å². The highest BCUT2D eigenvalue weighted by Gasteiger charge is 2.71. The number of carboxylic acid groups (broad SMARTS) is 1. The standard InChI is InChI=1S/C45H72N2O6/c1-26(2)36-31(48)22-45(34(49)25-47-24-27-11-10-20-46-23-27)19-18-43(8)28(37(36)45)12-13-33-42(7)16-15-35(41(5,6)32(42)14-17-44(33,43)9)53-39(52)30-21-29(38(50)51)40(30,3)4/h26-30,32-35,46-47,49H,10-25H2,1-9H3,(H,50,51)/t27-,28-,29+,30-,32+,33-,34+,35+,42+,43-,44-,45+/m1/s1. The van der Waals surface area contributed by atoms with Gasteiger partial charge in [0.2, 0.25) is 0 Å². The number of aliphatic hydroxyl groups is 1. The molecule has 7 aliphatic rings. The molecule has 0 amide bonds. The van der Waals surface area contributed by atoms with Crippen LogP contribution in [0.2, 0.25) is 0 Å². The molecular weight excluding hydrogens is 665 g/mol. The normalized spacial score (nSPS) is 45.0. The first-order valence-electron chi connectivity index (χ1n) is 21.6.